The van der Waals surface area contributed by atoms with E-state index in [1.54, 1.807) is 31.2 Å². The molecule has 0 saturated carbocycles. The molecule has 1 aliphatic carbocycles. The van der Waals surface area contributed by atoms with Crippen molar-refractivity contribution in [3.8, 4) is 0 Å². The molecule has 0 saturated heterocycles. The summed E-state index contributed by atoms with van der Waals surface area (Å²) in [5.41, 5.74) is 0. The van der Waals surface area contributed by atoms with Crippen LogP contribution in [0, 0.1) is 5.92 Å². The van der Waals surface area contributed by atoms with Gasteiger partial charge in [0.1, 0.15) is 0 Å². The molecule has 14 heavy (non-hydrogen) atoms. The third-order valence-corrected chi connectivity index (χ3v) is 1.74. The van der Waals surface area contributed by atoms with Crippen LogP contribution < -0.4 is 0 Å². The third kappa shape index (κ3) is 3.01. The number of hydrogen-bond donors (Lipinski definition) is 0. The molecule has 3 heteroatoms. The fourth-order valence-electron chi connectivity index (χ4n) is 1.07. The molecule has 0 fully saturated rings. The molecular weight excluding hydrogens is 180 g/mol. The Bertz CT molecular complexity index is 310. The lowest BCUT2D eigenvalue weighted by Gasteiger charge is -2.05. The van der Waals surface area contributed by atoms with Crippen molar-refractivity contribution in [2.45, 2.75) is 6.92 Å². The number of carbonyl (C=O) groups is 2. The van der Waals surface area contributed by atoms with E-state index in [4.69, 9.17) is 0 Å². The van der Waals surface area contributed by atoms with Crippen LogP contribution in [0.1, 0.15) is 6.92 Å². The highest BCUT2D eigenvalue weighted by molar-refractivity contribution is 5.96. The van der Waals surface area contributed by atoms with Crippen LogP contribution >= 0.6 is 0 Å². The van der Waals surface area contributed by atoms with Gasteiger partial charge < -0.3 is 4.74 Å². The molecule has 0 bridgehead atoms. The molecule has 1 aliphatic rings. The summed E-state index contributed by atoms with van der Waals surface area (Å²) in [5.74, 6) is -0.763. The third-order valence-electron chi connectivity index (χ3n) is 1.74. The van der Waals surface area contributed by atoms with Gasteiger partial charge in [-0.3, -0.25) is 4.79 Å². The molecule has 74 valence electrons. The average molecular weight is 192 g/mol. The van der Waals surface area contributed by atoms with Crippen molar-refractivity contribution in [1.29, 1.82) is 0 Å². The van der Waals surface area contributed by atoms with E-state index < -0.39 is 5.97 Å². The molecule has 0 aromatic carbocycles. The van der Waals surface area contributed by atoms with Gasteiger partial charge in [-0.2, -0.15) is 0 Å². The zero-order chi connectivity index (χ0) is 10.4. The Kier molecular flexibility index (Phi) is 3.85. The first kappa shape index (κ1) is 10.4. The minimum Gasteiger partial charge on any atom is -0.463 e. The zero-order valence-corrected chi connectivity index (χ0v) is 7.97. The fourth-order valence-corrected chi connectivity index (χ4v) is 1.07. The van der Waals surface area contributed by atoms with Gasteiger partial charge in [-0.25, -0.2) is 4.79 Å². The molecule has 0 aliphatic heterocycles. The Morgan fingerprint density at radius 3 is 3.00 bits per heavy atom. The van der Waals surface area contributed by atoms with Gasteiger partial charge in [-0.15, -0.1) is 0 Å². The number of ketones is 1. The van der Waals surface area contributed by atoms with Crippen LogP contribution in [0.2, 0.25) is 0 Å². The molecule has 1 unspecified atom stereocenters. The first-order valence-electron chi connectivity index (χ1n) is 4.47. The number of rotatable bonds is 3. The summed E-state index contributed by atoms with van der Waals surface area (Å²) < 4.78 is 4.69. The second-order valence-corrected chi connectivity index (χ2v) is 2.78. The van der Waals surface area contributed by atoms with Crippen molar-refractivity contribution < 1.29 is 14.3 Å². The molecule has 1 rings (SSSR count). The molecule has 0 amide bonds. The molecule has 0 N–H and O–H groups in total. The summed E-state index contributed by atoms with van der Waals surface area (Å²) in [4.78, 5) is 22.2. The van der Waals surface area contributed by atoms with Crippen molar-refractivity contribution in [2.75, 3.05) is 6.61 Å². The summed E-state index contributed by atoms with van der Waals surface area (Å²) in [6.45, 7) is 2.08. The van der Waals surface area contributed by atoms with Crippen LogP contribution in [-0.4, -0.2) is 18.4 Å². The van der Waals surface area contributed by atoms with Crippen LogP contribution in [0.25, 0.3) is 0 Å². The maximum atomic E-state index is 11.2. The highest BCUT2D eigenvalue weighted by Crippen LogP contribution is 2.09. The minimum absolute atomic E-state index is 0.0203. The van der Waals surface area contributed by atoms with E-state index in [0.717, 1.165) is 0 Å². The Labute approximate surface area is 82.8 Å². The van der Waals surface area contributed by atoms with Crippen LogP contribution in [0.5, 0.6) is 0 Å². The van der Waals surface area contributed by atoms with Crippen LogP contribution in [-0.2, 0) is 14.3 Å². The molecule has 3 nitrogen and oxygen atoms in total. The van der Waals surface area contributed by atoms with Gasteiger partial charge in [0, 0.05) is 6.08 Å². The topological polar surface area (TPSA) is 43.4 Å². The first-order valence-corrected chi connectivity index (χ1v) is 4.47. The Morgan fingerprint density at radius 1 is 1.57 bits per heavy atom. The van der Waals surface area contributed by atoms with Gasteiger partial charge in [0.25, 0.3) is 0 Å². The highest BCUT2D eigenvalue weighted by atomic mass is 16.5. The van der Waals surface area contributed by atoms with Gasteiger partial charge >= 0.3 is 5.97 Å². The van der Waals surface area contributed by atoms with Crippen LogP contribution in [0.4, 0.5) is 0 Å². The van der Waals surface area contributed by atoms with Gasteiger partial charge in [0.2, 0.25) is 0 Å². The second-order valence-electron chi connectivity index (χ2n) is 2.78. The normalized spacial score (nSPS) is 20.4. The predicted octanol–water partition coefficient (Wildman–Crippen LogP) is 1.42. The monoisotopic (exact) mass is 192 g/mol. The number of ether oxygens (including phenoxy) is 1. The van der Waals surface area contributed by atoms with E-state index in [-0.39, 0.29) is 11.7 Å². The number of esters is 1. The molecular formula is C11H12O3. The van der Waals surface area contributed by atoms with Crippen molar-refractivity contribution in [3.05, 3.63) is 36.5 Å². The summed E-state index contributed by atoms with van der Waals surface area (Å²) in [6, 6.07) is 0. The Morgan fingerprint density at radius 2 is 2.36 bits per heavy atom. The van der Waals surface area contributed by atoms with E-state index in [0.29, 0.717) is 6.61 Å². The number of hydrogen-bond acceptors (Lipinski definition) is 3. The molecule has 0 aromatic heterocycles. The molecule has 0 aromatic rings. The van der Waals surface area contributed by atoms with E-state index in [2.05, 4.69) is 4.74 Å². The van der Waals surface area contributed by atoms with E-state index >= 15 is 0 Å². The summed E-state index contributed by atoms with van der Waals surface area (Å²) in [6.07, 6.45) is 9.51. The molecule has 0 spiro atoms. The van der Waals surface area contributed by atoms with Gasteiger partial charge in [-0.1, -0.05) is 24.3 Å². The van der Waals surface area contributed by atoms with Crippen molar-refractivity contribution >= 4 is 11.8 Å². The fraction of sp³-hybridized carbons (Fsp3) is 0.273. The van der Waals surface area contributed by atoms with Crippen molar-refractivity contribution in [1.82, 2.24) is 0 Å². The largest absolute Gasteiger partial charge is 0.463 e. The van der Waals surface area contributed by atoms with Crippen LogP contribution in [0.15, 0.2) is 36.5 Å². The standard InChI is InChI=1S/C11H12O3/c1-2-14-11(13)8-7-9-5-3-4-6-10(9)12/h3-9H,2H2,1H3. The summed E-state index contributed by atoms with van der Waals surface area (Å²) >= 11 is 0. The number of carbonyl (C=O) groups excluding carboxylic acids is 2. The zero-order valence-electron chi connectivity index (χ0n) is 7.97. The lowest BCUT2D eigenvalue weighted by molar-refractivity contribution is -0.137. The first-order chi connectivity index (χ1) is 6.74. The summed E-state index contributed by atoms with van der Waals surface area (Å²) in [7, 11) is 0. The van der Waals surface area contributed by atoms with Gasteiger partial charge in [0.15, 0.2) is 5.78 Å². The van der Waals surface area contributed by atoms with Crippen LogP contribution in [0.3, 0.4) is 0 Å². The van der Waals surface area contributed by atoms with Crippen molar-refractivity contribution in [3.63, 3.8) is 0 Å². The predicted molar refractivity (Wildman–Crippen MR) is 52.6 cm³/mol. The molecule has 0 heterocycles. The minimum atomic E-state index is -0.414. The lowest BCUT2D eigenvalue weighted by Crippen LogP contribution is -2.09. The van der Waals surface area contributed by atoms with Crippen molar-refractivity contribution in [2.24, 2.45) is 5.92 Å². The maximum absolute atomic E-state index is 11.2. The smallest absolute Gasteiger partial charge is 0.330 e. The maximum Gasteiger partial charge on any atom is 0.330 e. The van der Waals surface area contributed by atoms with Gasteiger partial charge in [-0.05, 0) is 13.0 Å². The highest BCUT2D eigenvalue weighted by Gasteiger charge is 2.11. The molecule has 1 atom stereocenters. The SMILES string of the molecule is CCOC(=O)C=CC1C=CC=CC1=O. The quantitative estimate of drug-likeness (QED) is 0.501. The second kappa shape index (κ2) is 5.17. The number of allylic oxidation sites excluding steroid dienone is 5. The van der Waals surface area contributed by atoms with E-state index in [1.807, 2.05) is 0 Å². The lowest BCUT2D eigenvalue weighted by atomic mass is 9.99. The Balaban J connectivity index is 2.51. The van der Waals surface area contributed by atoms with E-state index in [9.17, 15) is 9.59 Å². The van der Waals surface area contributed by atoms with E-state index in [1.165, 1.54) is 12.2 Å². The van der Waals surface area contributed by atoms with Gasteiger partial charge in [0.05, 0.1) is 12.5 Å². The Hall–Kier alpha value is -1.64. The average Bonchev–Trinajstić information content (AvgIpc) is 2.17. The summed E-state index contributed by atoms with van der Waals surface area (Å²) in [5, 5.41) is 0. The molecule has 0 radical (unpaired) electrons.